The molecule has 0 bridgehead atoms. The molecule has 1 amide bonds. The Bertz CT molecular complexity index is 1300. The Labute approximate surface area is 236 Å². The maximum Gasteiger partial charge on any atom is 0.416 e. The highest BCUT2D eigenvalue weighted by atomic mass is 32.1. The van der Waals surface area contributed by atoms with E-state index in [4.69, 9.17) is 23.2 Å². The quantitative estimate of drug-likeness (QED) is 0.112. The van der Waals surface area contributed by atoms with Crippen LogP contribution in [0.5, 0.6) is 0 Å². The van der Waals surface area contributed by atoms with Gasteiger partial charge in [-0.1, -0.05) is 36.5 Å². The van der Waals surface area contributed by atoms with Crippen molar-refractivity contribution < 1.29 is 22.8 Å². The van der Waals surface area contributed by atoms with E-state index in [0.717, 1.165) is 25.0 Å². The highest BCUT2D eigenvalue weighted by Crippen LogP contribution is 2.34. The minimum atomic E-state index is -4.55. The molecule has 1 fully saturated rings. The van der Waals surface area contributed by atoms with Crippen LogP contribution in [0.15, 0.2) is 53.7 Å². The molecule has 0 aliphatic heterocycles. The monoisotopic (exact) mass is 572 g/mol. The Kier molecular flexibility index (Phi) is 12.4. The van der Waals surface area contributed by atoms with Gasteiger partial charge < -0.3 is 21.7 Å². The van der Waals surface area contributed by atoms with Gasteiger partial charge in [-0.05, 0) is 61.7 Å². The number of carbonyl (C=O) groups excluding carboxylic acids is 2. The Morgan fingerprint density at radius 2 is 1.98 bits per heavy atom. The van der Waals surface area contributed by atoms with Gasteiger partial charge in [0, 0.05) is 36.1 Å². The molecule has 5 N–H and O–H groups in total. The molecule has 0 spiro atoms. The predicted molar refractivity (Wildman–Crippen MR) is 152 cm³/mol. The van der Waals surface area contributed by atoms with E-state index < -0.39 is 23.7 Å². The van der Waals surface area contributed by atoms with Gasteiger partial charge in [-0.3, -0.25) is 14.6 Å². The van der Waals surface area contributed by atoms with Gasteiger partial charge in [-0.25, -0.2) is 0 Å². The molecule has 0 radical (unpaired) electrons. The van der Waals surface area contributed by atoms with Gasteiger partial charge in [0.15, 0.2) is 0 Å². The average molecular weight is 573 g/mol. The largest absolute Gasteiger partial charge is 0.416 e. The first-order valence-corrected chi connectivity index (χ1v) is 12.8. The van der Waals surface area contributed by atoms with Crippen LogP contribution in [0, 0.1) is 11.3 Å². The minimum Gasteiger partial charge on any atom is -0.404 e. The first-order valence-electron chi connectivity index (χ1n) is 12.3. The molecule has 1 aliphatic carbocycles. The lowest BCUT2D eigenvalue weighted by molar-refractivity contribution is -0.137. The summed E-state index contributed by atoms with van der Waals surface area (Å²) in [5.41, 5.74) is 7.21. The molecule has 3 rings (SSSR count). The zero-order valence-corrected chi connectivity index (χ0v) is 22.9. The van der Waals surface area contributed by atoms with Crippen LogP contribution in [0.3, 0.4) is 0 Å². The molecule has 8 nitrogen and oxygen atoms in total. The summed E-state index contributed by atoms with van der Waals surface area (Å²) in [7, 11) is 1.74. The molecule has 2 aromatic carbocycles. The fraction of sp³-hybridized carbons (Fsp3) is 0.321. The number of hydrogen-bond donors (Lipinski definition) is 4. The van der Waals surface area contributed by atoms with E-state index in [1.54, 1.807) is 44.3 Å². The van der Waals surface area contributed by atoms with E-state index in [1.165, 1.54) is 12.4 Å². The minimum absolute atomic E-state index is 0.0721. The zero-order valence-electron chi connectivity index (χ0n) is 22.1. The van der Waals surface area contributed by atoms with Gasteiger partial charge in [0.1, 0.15) is 4.99 Å². The fourth-order valence-electron chi connectivity index (χ4n) is 3.41. The van der Waals surface area contributed by atoms with Crippen LogP contribution in [0.25, 0.3) is 5.57 Å². The van der Waals surface area contributed by atoms with Crippen LogP contribution in [0.1, 0.15) is 53.6 Å². The first kappa shape index (κ1) is 32.1. The normalized spacial score (nSPS) is 13.9. The molecule has 212 valence electrons. The van der Waals surface area contributed by atoms with Crippen molar-refractivity contribution in [3.8, 4) is 6.07 Å². The lowest BCUT2D eigenvalue weighted by atomic mass is 9.97. The number of thiocarbonyl (C=S) groups is 1. The summed E-state index contributed by atoms with van der Waals surface area (Å²) in [6.07, 6.45) is 0.302. The molecule has 0 aromatic heterocycles. The van der Waals surface area contributed by atoms with E-state index in [2.05, 4.69) is 20.9 Å². The van der Waals surface area contributed by atoms with Crippen LogP contribution in [0.2, 0.25) is 0 Å². The smallest absolute Gasteiger partial charge is 0.404 e. The summed E-state index contributed by atoms with van der Waals surface area (Å²) in [4.78, 5) is 26.5. The molecular formula is C28H31F3N6O2S. The summed E-state index contributed by atoms with van der Waals surface area (Å²) in [6.45, 7) is 2.22. The molecule has 1 unspecified atom stereocenters. The number of amides is 1. The second-order valence-corrected chi connectivity index (χ2v) is 9.26. The number of benzene rings is 2. The van der Waals surface area contributed by atoms with Crippen LogP contribution >= 0.6 is 12.2 Å². The highest BCUT2D eigenvalue weighted by Gasteiger charge is 2.32. The number of halogens is 3. The Hall–Kier alpha value is -4.08. The first-order chi connectivity index (χ1) is 19.0. The van der Waals surface area contributed by atoms with Gasteiger partial charge in [0.2, 0.25) is 6.29 Å². The van der Waals surface area contributed by atoms with Gasteiger partial charge in [0.25, 0.3) is 5.91 Å². The Morgan fingerprint density at radius 3 is 2.52 bits per heavy atom. The zero-order chi connectivity index (χ0) is 29.7. The molecule has 0 heterocycles. The number of rotatable bonds is 10. The second kappa shape index (κ2) is 15.5. The summed E-state index contributed by atoms with van der Waals surface area (Å²) in [6, 6.07) is 12.2. The van der Waals surface area contributed by atoms with E-state index in [1.807, 2.05) is 6.07 Å². The Morgan fingerprint density at radius 1 is 1.27 bits per heavy atom. The summed E-state index contributed by atoms with van der Waals surface area (Å²) >= 11 is 5.52. The molecule has 12 heteroatoms. The fourth-order valence-corrected chi connectivity index (χ4v) is 3.79. The highest BCUT2D eigenvalue weighted by molar-refractivity contribution is 7.80. The number of nitrogens with one attached hydrogen (secondary N) is 3. The molecular weight excluding hydrogens is 541 g/mol. The molecule has 2 aromatic rings. The van der Waals surface area contributed by atoms with Crippen molar-refractivity contribution in [1.82, 2.24) is 16.0 Å². The van der Waals surface area contributed by atoms with E-state index in [9.17, 15) is 22.8 Å². The number of nitrogens with two attached hydrogens (primary N) is 1. The topological polar surface area (TPSA) is 132 Å². The van der Waals surface area contributed by atoms with E-state index in [0.29, 0.717) is 34.4 Å². The third-order valence-electron chi connectivity index (χ3n) is 5.69. The van der Waals surface area contributed by atoms with Crippen molar-refractivity contribution in [1.29, 1.82) is 5.26 Å². The number of carbonyl (C=O) groups is 2. The summed E-state index contributed by atoms with van der Waals surface area (Å²) in [5.74, 6) is -0.766. The lowest BCUT2D eigenvalue weighted by Gasteiger charge is -2.21. The number of allylic oxidation sites excluding steroid dienone is 1. The van der Waals surface area contributed by atoms with Crippen molar-refractivity contribution >= 4 is 41.2 Å². The molecule has 40 heavy (non-hydrogen) atoms. The lowest BCUT2D eigenvalue weighted by Crippen LogP contribution is -2.29. The SMILES string of the molecule is CC(NC(=S)c1ccccc1CNC(=O)C=O)c1cc(/C(C=NC2CC2)=C/N)cc(C(F)(F)F)c1.CNCC#N. The van der Waals surface area contributed by atoms with E-state index >= 15 is 0 Å². The van der Waals surface area contributed by atoms with Crippen LogP contribution in [-0.2, 0) is 22.3 Å². The molecule has 1 saturated carbocycles. The number of aldehydes is 1. The maximum absolute atomic E-state index is 13.7. The number of aliphatic imine (C=N–C) groups is 1. The number of nitrogens with zero attached hydrogens (tertiary/aromatic N) is 2. The van der Waals surface area contributed by atoms with Gasteiger partial charge >= 0.3 is 6.18 Å². The predicted octanol–water partition coefficient (Wildman–Crippen LogP) is 3.81. The second-order valence-electron chi connectivity index (χ2n) is 8.85. The average Bonchev–Trinajstić information content (AvgIpc) is 3.77. The van der Waals surface area contributed by atoms with Crippen molar-refractivity contribution in [3.63, 3.8) is 0 Å². The Balaban J connectivity index is 0.00000103. The summed E-state index contributed by atoms with van der Waals surface area (Å²) < 4.78 is 41.0. The van der Waals surface area contributed by atoms with Crippen molar-refractivity contribution in [3.05, 3.63) is 76.5 Å². The molecule has 1 atom stereocenters. The van der Waals surface area contributed by atoms with E-state index in [-0.39, 0.29) is 23.9 Å². The van der Waals surface area contributed by atoms with Gasteiger partial charge in [0.05, 0.1) is 24.2 Å². The molecule has 1 aliphatic rings. The van der Waals surface area contributed by atoms with Gasteiger partial charge in [-0.15, -0.1) is 0 Å². The summed E-state index contributed by atoms with van der Waals surface area (Å²) in [5, 5.41) is 15.9. The van der Waals surface area contributed by atoms with Gasteiger partial charge in [-0.2, -0.15) is 18.4 Å². The molecule has 0 saturated heterocycles. The maximum atomic E-state index is 13.7. The third-order valence-corrected chi connectivity index (χ3v) is 6.03. The standard InChI is InChI=1S/C25H25F3N4O2S.C3H6N2/c1-15(32-24(35)22-5-3-2-4-16(22)12-31-23(34)14-33)17-8-18(10-20(9-17)25(26,27)28)19(11-29)13-30-21-6-7-21;1-5-3-2-4/h2-5,8-11,13-15,21H,6-7,12,29H2,1H3,(H,31,34)(H,32,35);5H,3H2,1H3/b19-11+,30-13?;. The number of hydrogen-bond acceptors (Lipinski definition) is 7. The number of alkyl halides is 3. The van der Waals surface area contributed by atoms with Crippen molar-refractivity contribution in [2.75, 3.05) is 13.6 Å². The number of nitriles is 1. The third kappa shape index (κ3) is 10.2. The van der Waals surface area contributed by atoms with Crippen molar-refractivity contribution in [2.24, 2.45) is 10.7 Å². The van der Waals surface area contributed by atoms with Crippen molar-refractivity contribution in [2.45, 2.75) is 44.6 Å². The van der Waals surface area contributed by atoms with Crippen LogP contribution in [0.4, 0.5) is 13.2 Å². The van der Waals surface area contributed by atoms with Crippen LogP contribution in [-0.4, -0.2) is 43.0 Å². The van der Waals surface area contributed by atoms with Crippen LogP contribution < -0.4 is 21.7 Å².